The highest BCUT2D eigenvalue weighted by molar-refractivity contribution is 5.76. The van der Waals surface area contributed by atoms with E-state index in [1.54, 1.807) is 4.90 Å². The third-order valence-electron chi connectivity index (χ3n) is 7.41. The molecule has 2 aromatic rings. The van der Waals surface area contributed by atoms with Crippen LogP contribution in [-0.4, -0.2) is 138 Å². The molecule has 0 bridgehead atoms. The van der Waals surface area contributed by atoms with Crippen LogP contribution in [0.3, 0.4) is 0 Å². The molecule has 0 aliphatic carbocycles. The minimum absolute atomic E-state index is 0.0340. The highest BCUT2D eigenvalue weighted by Crippen LogP contribution is 2.07. The number of hydrogen-bond donors (Lipinski definition) is 0. The average Bonchev–Trinajstić information content (AvgIpc) is 3.12. The van der Waals surface area contributed by atoms with E-state index in [0.717, 1.165) is 11.1 Å². The average molecular weight is 668 g/mol. The van der Waals surface area contributed by atoms with Crippen LogP contribution in [0.5, 0.6) is 0 Å². The van der Waals surface area contributed by atoms with Crippen molar-refractivity contribution in [2.24, 2.45) is 0 Å². The second-order valence-corrected chi connectivity index (χ2v) is 11.1. The predicted octanol–water partition coefficient (Wildman–Crippen LogP) is 2.01. The summed E-state index contributed by atoms with van der Waals surface area (Å²) in [5.41, 5.74) is 1.79. The smallest absolute Gasteiger partial charge is 0.320 e. The first-order valence-electron chi connectivity index (χ1n) is 16.4. The molecule has 0 atom stereocenters. The molecular formula is C36H49N3O9. The Balaban J connectivity index is 1.30. The second kappa shape index (κ2) is 24.3. The van der Waals surface area contributed by atoms with Crippen LogP contribution in [0.1, 0.15) is 17.5 Å². The molecule has 1 aliphatic heterocycles. The number of piperazine rings is 1. The molecule has 2 aromatic carbocycles. The molecule has 48 heavy (non-hydrogen) atoms. The zero-order chi connectivity index (χ0) is 34.1. The predicted molar refractivity (Wildman–Crippen MR) is 179 cm³/mol. The van der Waals surface area contributed by atoms with E-state index < -0.39 is 11.9 Å². The normalized spacial score (nSPS) is 13.3. The first kappa shape index (κ1) is 38.6. The maximum atomic E-state index is 12.7. The lowest BCUT2D eigenvalue weighted by Crippen LogP contribution is -2.51. The van der Waals surface area contributed by atoms with Gasteiger partial charge in [0.25, 0.3) is 0 Å². The van der Waals surface area contributed by atoms with Crippen molar-refractivity contribution < 1.29 is 42.8 Å². The van der Waals surface area contributed by atoms with Crippen LogP contribution in [0.2, 0.25) is 0 Å². The number of benzene rings is 2. The Bertz CT molecular complexity index is 1160. The molecule has 1 aliphatic rings. The number of esters is 2. The van der Waals surface area contributed by atoms with E-state index in [1.807, 2.05) is 65.6 Å². The zero-order valence-electron chi connectivity index (χ0n) is 27.8. The van der Waals surface area contributed by atoms with Crippen LogP contribution in [0.25, 0.3) is 0 Å². The van der Waals surface area contributed by atoms with E-state index in [4.69, 9.17) is 34.8 Å². The number of terminal acetylenes is 1. The van der Waals surface area contributed by atoms with Crippen molar-refractivity contribution in [2.75, 3.05) is 105 Å². The van der Waals surface area contributed by atoms with Crippen molar-refractivity contribution in [2.45, 2.75) is 19.6 Å². The van der Waals surface area contributed by atoms with Crippen molar-refractivity contribution >= 4 is 17.8 Å². The summed E-state index contributed by atoms with van der Waals surface area (Å²) in [6.07, 6.45) is 5.41. The number of carbonyl (C=O) groups is 3. The molecule has 0 N–H and O–H groups in total. The minimum atomic E-state index is -0.411. The van der Waals surface area contributed by atoms with E-state index in [-0.39, 0.29) is 38.8 Å². The number of hydrogen-bond acceptors (Lipinski definition) is 11. The Labute approximate surface area is 284 Å². The Kier molecular flexibility index (Phi) is 19.6. The van der Waals surface area contributed by atoms with Crippen LogP contribution >= 0.6 is 0 Å². The molecule has 0 spiro atoms. The SMILES string of the molecule is C#CCOCCOCCOCCOCCC(=O)N1CCN(CCN(CC(=O)OCc2ccccc2)CC(=O)OCc2ccccc2)CC1. The molecule has 3 rings (SSSR count). The van der Waals surface area contributed by atoms with E-state index in [0.29, 0.717) is 91.9 Å². The van der Waals surface area contributed by atoms with Crippen molar-refractivity contribution in [1.29, 1.82) is 0 Å². The Morgan fingerprint density at radius 2 is 1.15 bits per heavy atom. The van der Waals surface area contributed by atoms with Gasteiger partial charge in [-0.25, -0.2) is 0 Å². The second-order valence-electron chi connectivity index (χ2n) is 11.1. The summed E-state index contributed by atoms with van der Waals surface area (Å²) in [4.78, 5) is 43.9. The highest BCUT2D eigenvalue weighted by Gasteiger charge is 2.23. The molecule has 0 radical (unpaired) electrons. The highest BCUT2D eigenvalue weighted by atomic mass is 16.6. The van der Waals surface area contributed by atoms with Crippen molar-refractivity contribution in [3.8, 4) is 12.3 Å². The van der Waals surface area contributed by atoms with Gasteiger partial charge in [0.15, 0.2) is 0 Å². The van der Waals surface area contributed by atoms with Crippen LogP contribution in [0.4, 0.5) is 0 Å². The third-order valence-corrected chi connectivity index (χ3v) is 7.41. The molecular weight excluding hydrogens is 618 g/mol. The molecule has 0 aromatic heterocycles. The van der Waals surface area contributed by atoms with Crippen LogP contribution < -0.4 is 0 Å². The van der Waals surface area contributed by atoms with Gasteiger partial charge in [0.2, 0.25) is 5.91 Å². The summed E-state index contributed by atoms with van der Waals surface area (Å²) in [5, 5.41) is 0. The van der Waals surface area contributed by atoms with Gasteiger partial charge in [-0.15, -0.1) is 6.42 Å². The summed E-state index contributed by atoms with van der Waals surface area (Å²) >= 11 is 0. The van der Waals surface area contributed by atoms with Crippen molar-refractivity contribution in [3.63, 3.8) is 0 Å². The number of nitrogens with zero attached hydrogens (tertiary/aromatic N) is 3. The number of carbonyl (C=O) groups excluding carboxylic acids is 3. The molecule has 1 amide bonds. The van der Waals surface area contributed by atoms with Gasteiger partial charge in [-0.2, -0.15) is 0 Å². The first-order valence-corrected chi connectivity index (χ1v) is 16.4. The third kappa shape index (κ3) is 17.4. The van der Waals surface area contributed by atoms with Gasteiger partial charge >= 0.3 is 11.9 Å². The van der Waals surface area contributed by atoms with Gasteiger partial charge in [-0.05, 0) is 11.1 Å². The maximum Gasteiger partial charge on any atom is 0.320 e. The molecule has 1 heterocycles. The standard InChI is InChI=1S/C36H49N3O9/c1-2-20-43-22-24-45-26-27-46-25-23-44-21-13-34(40)39-18-16-37(17-19-39)14-15-38(28-35(41)47-30-32-9-5-3-6-10-32)29-36(42)48-31-33-11-7-4-8-12-33/h1,3-12H,13-31H2. The molecule has 0 unspecified atom stereocenters. The maximum absolute atomic E-state index is 12.7. The van der Waals surface area contributed by atoms with Crippen LogP contribution in [0, 0.1) is 12.3 Å². The largest absolute Gasteiger partial charge is 0.460 e. The van der Waals surface area contributed by atoms with Gasteiger partial charge < -0.3 is 33.3 Å². The lowest BCUT2D eigenvalue weighted by Gasteiger charge is -2.35. The number of rotatable bonds is 24. The summed E-state index contributed by atoms with van der Waals surface area (Å²) in [7, 11) is 0. The molecule has 12 heteroatoms. The number of ether oxygens (including phenoxy) is 6. The Hall–Kier alpha value is -3.83. The lowest BCUT2D eigenvalue weighted by molar-refractivity contribution is -0.150. The van der Waals surface area contributed by atoms with E-state index in [1.165, 1.54) is 0 Å². The molecule has 1 fully saturated rings. The van der Waals surface area contributed by atoms with Crippen LogP contribution in [-0.2, 0) is 56.0 Å². The zero-order valence-corrected chi connectivity index (χ0v) is 27.8. The van der Waals surface area contributed by atoms with Gasteiger partial charge in [0.1, 0.15) is 19.8 Å². The van der Waals surface area contributed by atoms with E-state index >= 15 is 0 Å². The fourth-order valence-corrected chi connectivity index (χ4v) is 4.76. The topological polar surface area (TPSA) is 116 Å². The molecule has 262 valence electrons. The van der Waals surface area contributed by atoms with Crippen LogP contribution in [0.15, 0.2) is 60.7 Å². The van der Waals surface area contributed by atoms with Crippen molar-refractivity contribution in [1.82, 2.24) is 14.7 Å². The quantitative estimate of drug-likeness (QED) is 0.0931. The summed E-state index contributed by atoms with van der Waals surface area (Å²) in [6.45, 7) is 7.26. The molecule has 1 saturated heterocycles. The Morgan fingerprint density at radius 1 is 0.667 bits per heavy atom. The molecule has 12 nitrogen and oxygen atoms in total. The summed E-state index contributed by atoms with van der Waals surface area (Å²) in [6, 6.07) is 18.9. The van der Waals surface area contributed by atoms with E-state index in [9.17, 15) is 14.4 Å². The van der Waals surface area contributed by atoms with Gasteiger partial charge in [-0.3, -0.25) is 24.2 Å². The van der Waals surface area contributed by atoms with E-state index in [2.05, 4.69) is 10.8 Å². The first-order chi connectivity index (χ1) is 23.5. The van der Waals surface area contributed by atoms with Crippen molar-refractivity contribution in [3.05, 3.63) is 71.8 Å². The van der Waals surface area contributed by atoms with Gasteiger partial charge in [0, 0.05) is 39.3 Å². The monoisotopic (exact) mass is 667 g/mol. The fraction of sp³-hybridized carbons (Fsp3) is 0.528. The fourth-order valence-electron chi connectivity index (χ4n) is 4.76. The van der Waals surface area contributed by atoms with Gasteiger partial charge in [-0.1, -0.05) is 66.6 Å². The van der Waals surface area contributed by atoms with Gasteiger partial charge in [0.05, 0.1) is 65.8 Å². The summed E-state index contributed by atoms with van der Waals surface area (Å²) < 4.78 is 32.4. The Morgan fingerprint density at radius 3 is 1.65 bits per heavy atom. The molecule has 0 saturated carbocycles. The minimum Gasteiger partial charge on any atom is -0.460 e. The number of amides is 1. The summed E-state index contributed by atoms with van der Waals surface area (Å²) in [5.74, 6) is 1.63. The lowest BCUT2D eigenvalue weighted by atomic mass is 10.2.